The van der Waals surface area contributed by atoms with Gasteiger partial charge in [-0.05, 0) is 30.5 Å². The molecule has 0 radical (unpaired) electrons. The van der Waals surface area contributed by atoms with E-state index in [2.05, 4.69) is 5.32 Å². The molecule has 1 saturated carbocycles. The molecule has 3 nitrogen and oxygen atoms in total. The van der Waals surface area contributed by atoms with Crippen LogP contribution in [0.3, 0.4) is 0 Å². The summed E-state index contributed by atoms with van der Waals surface area (Å²) in [5.41, 5.74) is 0.683. The molecule has 0 aromatic heterocycles. The van der Waals surface area contributed by atoms with Crippen molar-refractivity contribution in [1.82, 2.24) is 5.32 Å². The molecule has 1 fully saturated rings. The van der Waals surface area contributed by atoms with Gasteiger partial charge < -0.3 is 10.1 Å². The van der Waals surface area contributed by atoms with Gasteiger partial charge in [0.25, 0.3) is 0 Å². The monoisotopic (exact) mass is 301 g/mol. The van der Waals surface area contributed by atoms with Crippen molar-refractivity contribution in [3.05, 3.63) is 28.8 Å². The lowest BCUT2D eigenvalue weighted by Crippen LogP contribution is -2.34. The summed E-state index contributed by atoms with van der Waals surface area (Å²) < 4.78 is 5.07. The van der Waals surface area contributed by atoms with Crippen LogP contribution in [-0.4, -0.2) is 19.1 Å². The Bertz CT molecular complexity index is 459. The molecule has 0 saturated heterocycles. The van der Waals surface area contributed by atoms with E-state index < -0.39 is 5.38 Å². The maximum atomic E-state index is 12.0. The van der Waals surface area contributed by atoms with Crippen LogP contribution in [0.4, 0.5) is 0 Å². The van der Waals surface area contributed by atoms with E-state index >= 15 is 0 Å². The number of nitrogens with one attached hydrogen (secondary N) is 1. The Labute approximate surface area is 123 Å². The predicted octanol–water partition coefficient (Wildman–Crippen LogP) is 3.69. The number of rotatable bonds is 4. The molecule has 1 unspecified atom stereocenters. The van der Waals surface area contributed by atoms with Crippen molar-refractivity contribution in [1.29, 1.82) is 0 Å². The van der Waals surface area contributed by atoms with E-state index in [1.165, 1.54) is 12.8 Å². The first-order valence-corrected chi connectivity index (χ1v) is 7.21. The first kappa shape index (κ1) is 14.5. The molecule has 0 heterocycles. The smallest absolute Gasteiger partial charge is 0.242 e. The molecule has 2 rings (SSSR count). The van der Waals surface area contributed by atoms with E-state index in [9.17, 15) is 4.79 Å². The number of carbonyl (C=O) groups excluding carboxylic acids is 1. The fraction of sp³-hybridized carbons (Fsp3) is 0.500. The van der Waals surface area contributed by atoms with Crippen molar-refractivity contribution < 1.29 is 9.53 Å². The molecule has 1 aliphatic carbocycles. The summed E-state index contributed by atoms with van der Waals surface area (Å²) in [5.74, 6) is 0.417. The Morgan fingerprint density at radius 1 is 1.42 bits per heavy atom. The van der Waals surface area contributed by atoms with Gasteiger partial charge in [-0.3, -0.25) is 4.79 Å². The lowest BCUT2D eigenvalue weighted by molar-refractivity contribution is -0.121. The summed E-state index contributed by atoms with van der Waals surface area (Å²) in [5, 5.41) is 2.72. The first-order chi connectivity index (χ1) is 9.11. The van der Waals surface area contributed by atoms with Crippen molar-refractivity contribution in [3.63, 3.8) is 0 Å². The average Bonchev–Trinajstić information content (AvgIpc) is 2.90. The fourth-order valence-corrected chi connectivity index (χ4v) is 2.80. The Balaban J connectivity index is 2.03. The average molecular weight is 302 g/mol. The zero-order valence-corrected chi connectivity index (χ0v) is 12.3. The molecule has 0 bridgehead atoms. The van der Waals surface area contributed by atoms with Crippen LogP contribution in [0.1, 0.15) is 36.6 Å². The highest BCUT2D eigenvalue weighted by Gasteiger charge is 2.23. The van der Waals surface area contributed by atoms with E-state index in [0.29, 0.717) is 16.3 Å². The Hall–Kier alpha value is -0.930. The highest BCUT2D eigenvalue weighted by molar-refractivity contribution is 6.33. The van der Waals surface area contributed by atoms with E-state index in [-0.39, 0.29) is 11.9 Å². The second-order valence-corrected chi connectivity index (χ2v) is 5.59. The number of benzene rings is 1. The molecule has 1 aromatic carbocycles. The van der Waals surface area contributed by atoms with Gasteiger partial charge in [-0.2, -0.15) is 0 Å². The minimum absolute atomic E-state index is 0.158. The van der Waals surface area contributed by atoms with Crippen molar-refractivity contribution in [2.24, 2.45) is 0 Å². The quantitative estimate of drug-likeness (QED) is 0.862. The Morgan fingerprint density at radius 2 is 2.11 bits per heavy atom. The van der Waals surface area contributed by atoms with Crippen molar-refractivity contribution in [3.8, 4) is 5.75 Å². The van der Waals surface area contributed by atoms with Crippen LogP contribution >= 0.6 is 23.2 Å². The van der Waals surface area contributed by atoms with E-state index in [1.54, 1.807) is 25.3 Å². The molecule has 1 amide bonds. The molecule has 1 atom stereocenters. The Kier molecular flexibility index (Phi) is 4.94. The normalized spacial score (nSPS) is 17.2. The molecule has 0 aliphatic heterocycles. The van der Waals surface area contributed by atoms with Gasteiger partial charge in [0.1, 0.15) is 11.1 Å². The fourth-order valence-electron chi connectivity index (χ4n) is 2.34. The van der Waals surface area contributed by atoms with E-state index in [0.717, 1.165) is 12.8 Å². The highest BCUT2D eigenvalue weighted by atomic mass is 35.5. The van der Waals surface area contributed by atoms with Crippen molar-refractivity contribution >= 4 is 29.1 Å². The van der Waals surface area contributed by atoms with Crippen LogP contribution in [-0.2, 0) is 4.79 Å². The molecular weight excluding hydrogens is 285 g/mol. The summed E-state index contributed by atoms with van der Waals surface area (Å²) in [7, 11) is 1.55. The van der Waals surface area contributed by atoms with E-state index in [1.807, 2.05) is 0 Å². The zero-order chi connectivity index (χ0) is 13.8. The molecular formula is C14H17Cl2NO2. The highest BCUT2D eigenvalue weighted by Crippen LogP contribution is 2.30. The maximum Gasteiger partial charge on any atom is 0.242 e. The predicted molar refractivity (Wildman–Crippen MR) is 77.0 cm³/mol. The third-order valence-electron chi connectivity index (χ3n) is 3.40. The molecule has 1 aromatic rings. The number of halogens is 2. The van der Waals surface area contributed by atoms with Gasteiger partial charge >= 0.3 is 0 Å². The van der Waals surface area contributed by atoms with Crippen LogP contribution in [0.25, 0.3) is 0 Å². The molecule has 19 heavy (non-hydrogen) atoms. The van der Waals surface area contributed by atoms with Crippen molar-refractivity contribution in [2.45, 2.75) is 37.1 Å². The van der Waals surface area contributed by atoms with Crippen LogP contribution in [0, 0.1) is 0 Å². The third-order valence-corrected chi connectivity index (χ3v) is 4.15. The minimum Gasteiger partial charge on any atom is -0.495 e. The topological polar surface area (TPSA) is 38.3 Å². The summed E-state index contributed by atoms with van der Waals surface area (Å²) in [6.45, 7) is 0. The lowest BCUT2D eigenvalue weighted by atomic mass is 10.1. The van der Waals surface area contributed by atoms with Gasteiger partial charge in [0.05, 0.1) is 12.1 Å². The molecule has 1 N–H and O–H groups in total. The molecule has 0 spiro atoms. The molecule has 1 aliphatic rings. The van der Waals surface area contributed by atoms with Gasteiger partial charge in [-0.15, -0.1) is 11.6 Å². The zero-order valence-electron chi connectivity index (χ0n) is 10.8. The second kappa shape index (κ2) is 6.49. The van der Waals surface area contributed by atoms with Gasteiger partial charge in [0, 0.05) is 6.04 Å². The maximum absolute atomic E-state index is 12.0. The second-order valence-electron chi connectivity index (χ2n) is 4.75. The summed E-state index contributed by atoms with van der Waals surface area (Å²) in [6, 6.07) is 5.42. The number of hydrogen-bond acceptors (Lipinski definition) is 2. The summed E-state index contributed by atoms with van der Waals surface area (Å²) in [4.78, 5) is 12.0. The SMILES string of the molecule is COc1ccc(C(Cl)C(=O)NC2CCCC2)cc1Cl. The molecule has 5 heteroatoms. The third kappa shape index (κ3) is 3.54. The van der Waals surface area contributed by atoms with Gasteiger partial charge in [-0.25, -0.2) is 0 Å². The Morgan fingerprint density at radius 3 is 2.68 bits per heavy atom. The summed E-state index contributed by atoms with van der Waals surface area (Å²) in [6.07, 6.45) is 4.43. The van der Waals surface area contributed by atoms with Crippen molar-refractivity contribution in [2.75, 3.05) is 7.11 Å². The summed E-state index contributed by atoms with van der Waals surface area (Å²) >= 11 is 12.2. The van der Waals surface area contributed by atoms with Crippen LogP contribution < -0.4 is 10.1 Å². The standard InChI is InChI=1S/C14H17Cl2NO2/c1-19-12-7-6-9(8-11(12)15)13(16)14(18)17-10-4-2-3-5-10/h6-8,10,13H,2-5H2,1H3,(H,17,18). The lowest BCUT2D eigenvalue weighted by Gasteiger charge is -2.16. The van der Waals surface area contributed by atoms with Gasteiger partial charge in [0.15, 0.2) is 0 Å². The van der Waals surface area contributed by atoms with Crippen LogP contribution in [0.5, 0.6) is 5.75 Å². The van der Waals surface area contributed by atoms with Crippen LogP contribution in [0.15, 0.2) is 18.2 Å². The largest absolute Gasteiger partial charge is 0.495 e. The number of ether oxygens (including phenoxy) is 1. The van der Waals surface area contributed by atoms with Gasteiger partial charge in [-0.1, -0.05) is 30.5 Å². The number of alkyl halides is 1. The van der Waals surface area contributed by atoms with E-state index in [4.69, 9.17) is 27.9 Å². The number of amides is 1. The minimum atomic E-state index is -0.719. The first-order valence-electron chi connectivity index (χ1n) is 6.39. The number of methoxy groups -OCH3 is 1. The number of carbonyl (C=O) groups is 1. The van der Waals surface area contributed by atoms with Gasteiger partial charge in [0.2, 0.25) is 5.91 Å². The molecule has 104 valence electrons. The number of hydrogen-bond donors (Lipinski definition) is 1. The van der Waals surface area contributed by atoms with Crippen LogP contribution in [0.2, 0.25) is 5.02 Å².